The Morgan fingerprint density at radius 2 is 1.83 bits per heavy atom. The highest BCUT2D eigenvalue weighted by atomic mass is 16.1. The third-order valence-corrected chi connectivity index (χ3v) is 4.46. The Kier molecular flexibility index (Phi) is 6.66. The molecule has 0 radical (unpaired) electrons. The van der Waals surface area contributed by atoms with Crippen LogP contribution in [0.3, 0.4) is 0 Å². The molecule has 2 heterocycles. The molecule has 3 aromatic rings. The van der Waals surface area contributed by atoms with Gasteiger partial charge in [-0.3, -0.25) is 14.6 Å². The summed E-state index contributed by atoms with van der Waals surface area (Å²) in [5, 5.41) is 2.89. The van der Waals surface area contributed by atoms with Gasteiger partial charge < -0.3 is 22.5 Å². The molecule has 0 aliphatic carbocycles. The second-order valence-corrected chi connectivity index (χ2v) is 6.68. The first-order valence-electron chi connectivity index (χ1n) is 9.38. The lowest BCUT2D eigenvalue weighted by Gasteiger charge is -2.11. The van der Waals surface area contributed by atoms with Crippen LogP contribution in [0.15, 0.2) is 48.9 Å². The molecule has 0 unspecified atom stereocenters. The predicted octanol–water partition coefficient (Wildman–Crippen LogP) is 0.945. The number of Topliss-reactive ketones (excluding diaryl/α,β-unsaturated/α-hetero) is 1. The molecule has 0 saturated heterocycles. The van der Waals surface area contributed by atoms with Crippen molar-refractivity contribution in [2.75, 3.05) is 24.1 Å². The number of aromatic nitrogens is 3. The van der Waals surface area contributed by atoms with Crippen LogP contribution >= 0.6 is 0 Å². The van der Waals surface area contributed by atoms with E-state index in [-0.39, 0.29) is 30.3 Å². The van der Waals surface area contributed by atoms with Crippen molar-refractivity contribution in [1.29, 1.82) is 0 Å². The number of nitrogens with zero attached hydrogens (tertiary/aromatic N) is 3. The number of rotatable bonds is 9. The zero-order valence-corrected chi connectivity index (χ0v) is 16.3. The van der Waals surface area contributed by atoms with Gasteiger partial charge in [0.25, 0.3) is 0 Å². The van der Waals surface area contributed by atoms with Gasteiger partial charge in [0.15, 0.2) is 11.6 Å². The number of carbonyl (C=O) groups is 2. The van der Waals surface area contributed by atoms with Gasteiger partial charge in [0.05, 0.1) is 18.4 Å². The molecule has 7 N–H and O–H groups in total. The third-order valence-electron chi connectivity index (χ3n) is 4.46. The third kappa shape index (κ3) is 5.15. The lowest BCUT2D eigenvalue weighted by Crippen LogP contribution is -2.22. The maximum Gasteiger partial charge on any atom is 0.236 e. The monoisotopic (exact) mass is 405 g/mol. The van der Waals surface area contributed by atoms with Crippen molar-refractivity contribution in [2.45, 2.75) is 12.8 Å². The van der Waals surface area contributed by atoms with E-state index in [4.69, 9.17) is 17.2 Å². The summed E-state index contributed by atoms with van der Waals surface area (Å²) in [5.74, 6) is -0.764. The quantitative estimate of drug-likeness (QED) is 0.382. The zero-order chi connectivity index (χ0) is 21.5. The summed E-state index contributed by atoms with van der Waals surface area (Å²) in [6.45, 7) is 0.521. The lowest BCUT2D eigenvalue weighted by atomic mass is 10.1. The number of ketones is 1. The Balaban J connectivity index is 1.83. The highest BCUT2D eigenvalue weighted by molar-refractivity contribution is 6.00. The summed E-state index contributed by atoms with van der Waals surface area (Å²) in [5.41, 5.74) is 20.4. The number of hydrogen-bond acceptors (Lipinski definition) is 8. The topological polar surface area (TPSA) is 163 Å². The number of nitrogens with two attached hydrogens (primary N) is 3. The molecule has 154 valence electrons. The SMILES string of the molecule is NCCc1ccc(-c2cnc(N)c(C(=O)Cc3cnccc3NCC(N)=O)n2)cc1. The molecule has 0 spiro atoms. The molecule has 0 fully saturated rings. The normalized spacial score (nSPS) is 10.6. The Hall–Kier alpha value is -3.85. The number of primary amides is 1. The summed E-state index contributed by atoms with van der Waals surface area (Å²) >= 11 is 0. The molecule has 0 atom stereocenters. The van der Waals surface area contributed by atoms with Gasteiger partial charge in [-0.2, -0.15) is 0 Å². The van der Waals surface area contributed by atoms with Gasteiger partial charge in [0.1, 0.15) is 5.69 Å². The van der Waals surface area contributed by atoms with E-state index in [2.05, 4.69) is 20.3 Å². The standard InChI is InChI=1S/C21H23N7O2/c22-7-5-13-1-3-14(4-2-13)17-11-27-21(24)20(28-17)18(29)9-15-10-25-8-6-16(15)26-12-19(23)30/h1-4,6,8,10-11H,5,7,9,12,22H2,(H2,23,30)(H2,24,27)(H,25,26). The molecule has 0 bridgehead atoms. The smallest absolute Gasteiger partial charge is 0.236 e. The lowest BCUT2D eigenvalue weighted by molar-refractivity contribution is -0.116. The molecular formula is C21H23N7O2. The number of benzene rings is 1. The molecule has 1 amide bonds. The first-order chi connectivity index (χ1) is 14.5. The number of hydrogen-bond donors (Lipinski definition) is 4. The van der Waals surface area contributed by atoms with Crippen LogP contribution in [0.2, 0.25) is 0 Å². The number of carbonyl (C=O) groups excluding carboxylic acids is 2. The van der Waals surface area contributed by atoms with Crippen molar-refractivity contribution in [3.63, 3.8) is 0 Å². The highest BCUT2D eigenvalue weighted by Crippen LogP contribution is 2.21. The van der Waals surface area contributed by atoms with E-state index in [1.54, 1.807) is 18.5 Å². The van der Waals surface area contributed by atoms with Gasteiger partial charge in [0, 0.05) is 35.6 Å². The fourth-order valence-corrected chi connectivity index (χ4v) is 2.93. The van der Waals surface area contributed by atoms with Crippen LogP contribution in [0.1, 0.15) is 21.6 Å². The minimum absolute atomic E-state index is 0.00724. The number of pyridine rings is 1. The average molecular weight is 405 g/mol. The Labute approximate surface area is 173 Å². The van der Waals surface area contributed by atoms with Crippen LogP contribution in [0.5, 0.6) is 0 Å². The van der Waals surface area contributed by atoms with Crippen molar-refractivity contribution < 1.29 is 9.59 Å². The van der Waals surface area contributed by atoms with Crippen molar-refractivity contribution in [1.82, 2.24) is 15.0 Å². The molecule has 0 aliphatic rings. The predicted molar refractivity (Wildman–Crippen MR) is 115 cm³/mol. The first kappa shape index (κ1) is 20.9. The van der Waals surface area contributed by atoms with Gasteiger partial charge in [-0.05, 0) is 24.6 Å². The molecule has 9 nitrogen and oxygen atoms in total. The van der Waals surface area contributed by atoms with E-state index in [1.807, 2.05) is 24.3 Å². The van der Waals surface area contributed by atoms with Crippen LogP contribution in [-0.4, -0.2) is 39.7 Å². The van der Waals surface area contributed by atoms with E-state index < -0.39 is 5.91 Å². The van der Waals surface area contributed by atoms with Gasteiger partial charge >= 0.3 is 0 Å². The molecule has 0 aliphatic heterocycles. The van der Waals surface area contributed by atoms with Gasteiger partial charge in [0.2, 0.25) is 5.91 Å². The molecule has 2 aromatic heterocycles. The molecule has 30 heavy (non-hydrogen) atoms. The summed E-state index contributed by atoms with van der Waals surface area (Å²) in [4.78, 5) is 36.6. The fraction of sp³-hybridized carbons (Fsp3) is 0.190. The van der Waals surface area contributed by atoms with E-state index in [0.717, 1.165) is 17.5 Å². The van der Waals surface area contributed by atoms with Crippen molar-refractivity contribution in [3.05, 3.63) is 65.7 Å². The minimum Gasteiger partial charge on any atom is -0.382 e. The van der Waals surface area contributed by atoms with E-state index in [0.29, 0.717) is 23.5 Å². The van der Waals surface area contributed by atoms with Crippen LogP contribution in [0.25, 0.3) is 11.3 Å². The molecule has 1 aromatic carbocycles. The van der Waals surface area contributed by atoms with Gasteiger partial charge in [-0.15, -0.1) is 0 Å². The second kappa shape index (κ2) is 9.57. The average Bonchev–Trinajstić information content (AvgIpc) is 2.74. The summed E-state index contributed by atoms with van der Waals surface area (Å²) < 4.78 is 0. The number of nitrogen functional groups attached to an aromatic ring is 1. The Morgan fingerprint density at radius 3 is 2.53 bits per heavy atom. The largest absolute Gasteiger partial charge is 0.382 e. The highest BCUT2D eigenvalue weighted by Gasteiger charge is 2.17. The second-order valence-electron chi connectivity index (χ2n) is 6.68. The van der Waals surface area contributed by atoms with Crippen LogP contribution in [0.4, 0.5) is 11.5 Å². The van der Waals surface area contributed by atoms with Crippen LogP contribution in [-0.2, 0) is 17.6 Å². The van der Waals surface area contributed by atoms with Crippen molar-refractivity contribution in [2.24, 2.45) is 11.5 Å². The molecule has 3 rings (SSSR count). The minimum atomic E-state index is -0.510. The summed E-state index contributed by atoms with van der Waals surface area (Å²) in [7, 11) is 0. The molecule has 0 saturated carbocycles. The van der Waals surface area contributed by atoms with E-state index in [1.165, 1.54) is 6.20 Å². The number of nitrogens with one attached hydrogen (secondary N) is 1. The van der Waals surface area contributed by atoms with Gasteiger partial charge in [-0.1, -0.05) is 24.3 Å². The van der Waals surface area contributed by atoms with Crippen molar-refractivity contribution in [3.8, 4) is 11.3 Å². The number of amides is 1. The van der Waals surface area contributed by atoms with E-state index >= 15 is 0 Å². The Bertz CT molecular complexity index is 1050. The molecule has 9 heteroatoms. The molecular weight excluding hydrogens is 382 g/mol. The number of anilines is 2. The van der Waals surface area contributed by atoms with Crippen LogP contribution < -0.4 is 22.5 Å². The van der Waals surface area contributed by atoms with E-state index in [9.17, 15) is 9.59 Å². The maximum absolute atomic E-state index is 12.9. The summed E-state index contributed by atoms with van der Waals surface area (Å²) in [6, 6.07) is 9.42. The summed E-state index contributed by atoms with van der Waals surface area (Å²) in [6.07, 6.45) is 5.42. The van der Waals surface area contributed by atoms with Crippen molar-refractivity contribution >= 4 is 23.2 Å². The van der Waals surface area contributed by atoms with Crippen LogP contribution in [0, 0.1) is 0 Å². The fourth-order valence-electron chi connectivity index (χ4n) is 2.93. The maximum atomic E-state index is 12.9. The van der Waals surface area contributed by atoms with Gasteiger partial charge in [-0.25, -0.2) is 9.97 Å². The first-order valence-corrected chi connectivity index (χ1v) is 9.38. The Morgan fingerprint density at radius 1 is 1.07 bits per heavy atom. The zero-order valence-electron chi connectivity index (χ0n) is 16.3.